The van der Waals surface area contributed by atoms with Crippen LogP contribution in [-0.4, -0.2) is 4.98 Å². The van der Waals surface area contributed by atoms with Gasteiger partial charge in [0, 0.05) is 17.5 Å². The fraction of sp³-hybridized carbons (Fsp3) is 0.250. The predicted molar refractivity (Wildman–Crippen MR) is 87.6 cm³/mol. The Labute approximate surface area is 125 Å². The van der Waals surface area contributed by atoms with Crippen LogP contribution < -0.4 is 0 Å². The van der Waals surface area contributed by atoms with Gasteiger partial charge in [-0.05, 0) is 54.5 Å². The van der Waals surface area contributed by atoms with Crippen LogP contribution in [0.25, 0.3) is 10.9 Å². The number of aromatic nitrogens is 1. The Morgan fingerprint density at radius 2 is 1.67 bits per heavy atom. The molecule has 0 saturated heterocycles. The van der Waals surface area contributed by atoms with Gasteiger partial charge < -0.3 is 0 Å². The second-order valence-corrected chi connectivity index (χ2v) is 5.98. The fourth-order valence-corrected chi connectivity index (χ4v) is 3.31. The first-order valence-electron chi connectivity index (χ1n) is 7.84. The van der Waals surface area contributed by atoms with Crippen molar-refractivity contribution in [1.29, 1.82) is 0 Å². The molecule has 0 bridgehead atoms. The Morgan fingerprint density at radius 3 is 2.62 bits per heavy atom. The van der Waals surface area contributed by atoms with Crippen molar-refractivity contribution in [2.45, 2.75) is 32.1 Å². The summed E-state index contributed by atoms with van der Waals surface area (Å²) in [5, 5.41) is 1.21. The Morgan fingerprint density at radius 1 is 0.810 bits per heavy atom. The van der Waals surface area contributed by atoms with Crippen molar-refractivity contribution in [3.63, 3.8) is 0 Å². The molecule has 0 N–H and O–H groups in total. The molecule has 1 aliphatic carbocycles. The maximum atomic E-state index is 4.78. The molecule has 2 aromatic carbocycles. The van der Waals surface area contributed by atoms with Crippen molar-refractivity contribution >= 4 is 10.9 Å². The number of hydrogen-bond donors (Lipinski definition) is 0. The lowest BCUT2D eigenvalue weighted by molar-refractivity contribution is 0.684. The van der Waals surface area contributed by atoms with Crippen molar-refractivity contribution in [3.05, 3.63) is 77.0 Å². The SMILES string of the molecule is c1ccc2nc(Cc3ccc4c(c3)CCCC4)ccc2c1. The molecular formula is C20H19N. The maximum absolute atomic E-state index is 4.78. The first-order valence-corrected chi connectivity index (χ1v) is 7.84. The zero-order valence-corrected chi connectivity index (χ0v) is 12.2. The van der Waals surface area contributed by atoms with Crippen molar-refractivity contribution in [1.82, 2.24) is 4.98 Å². The van der Waals surface area contributed by atoms with E-state index in [4.69, 9.17) is 4.98 Å². The molecule has 1 nitrogen and oxygen atoms in total. The molecule has 0 unspecified atom stereocenters. The summed E-state index contributed by atoms with van der Waals surface area (Å²) in [6.07, 6.45) is 6.11. The van der Waals surface area contributed by atoms with Crippen LogP contribution >= 0.6 is 0 Å². The number of pyridine rings is 1. The van der Waals surface area contributed by atoms with Crippen LogP contribution in [0, 0.1) is 0 Å². The van der Waals surface area contributed by atoms with E-state index in [2.05, 4.69) is 54.6 Å². The van der Waals surface area contributed by atoms with Crippen LogP contribution in [0.15, 0.2) is 54.6 Å². The molecular weight excluding hydrogens is 254 g/mol. The second-order valence-electron chi connectivity index (χ2n) is 5.98. The smallest absolute Gasteiger partial charge is 0.0705 e. The van der Waals surface area contributed by atoms with E-state index in [1.54, 1.807) is 11.1 Å². The summed E-state index contributed by atoms with van der Waals surface area (Å²) in [5.74, 6) is 0. The van der Waals surface area contributed by atoms with Crippen molar-refractivity contribution in [2.24, 2.45) is 0 Å². The highest BCUT2D eigenvalue weighted by atomic mass is 14.7. The van der Waals surface area contributed by atoms with Crippen LogP contribution in [0.2, 0.25) is 0 Å². The second kappa shape index (κ2) is 5.33. The van der Waals surface area contributed by atoms with E-state index in [1.165, 1.54) is 36.6 Å². The highest BCUT2D eigenvalue weighted by Crippen LogP contribution is 2.23. The molecule has 1 aliphatic rings. The Balaban J connectivity index is 1.64. The third-order valence-electron chi connectivity index (χ3n) is 4.45. The van der Waals surface area contributed by atoms with Crippen LogP contribution in [-0.2, 0) is 19.3 Å². The largest absolute Gasteiger partial charge is 0.252 e. The molecule has 0 amide bonds. The van der Waals surface area contributed by atoms with Gasteiger partial charge in [0.05, 0.1) is 5.52 Å². The monoisotopic (exact) mass is 273 g/mol. The van der Waals surface area contributed by atoms with Crippen molar-refractivity contribution < 1.29 is 0 Å². The normalized spacial score (nSPS) is 14.1. The minimum atomic E-state index is 0.929. The molecule has 0 radical (unpaired) electrons. The summed E-state index contributed by atoms with van der Waals surface area (Å²) >= 11 is 0. The highest BCUT2D eigenvalue weighted by Gasteiger charge is 2.10. The van der Waals surface area contributed by atoms with Crippen LogP contribution in [0.1, 0.15) is 35.2 Å². The van der Waals surface area contributed by atoms with Gasteiger partial charge in [-0.15, -0.1) is 0 Å². The predicted octanol–water partition coefficient (Wildman–Crippen LogP) is 4.70. The van der Waals surface area contributed by atoms with Gasteiger partial charge in [0.25, 0.3) is 0 Å². The van der Waals surface area contributed by atoms with Gasteiger partial charge in [-0.25, -0.2) is 0 Å². The van der Waals surface area contributed by atoms with Gasteiger partial charge in [-0.1, -0.05) is 42.5 Å². The summed E-state index contributed by atoms with van der Waals surface area (Å²) in [4.78, 5) is 4.78. The first kappa shape index (κ1) is 12.6. The Bertz CT molecular complexity index is 789. The van der Waals surface area contributed by atoms with E-state index in [9.17, 15) is 0 Å². The summed E-state index contributed by atoms with van der Waals surface area (Å²) in [5.41, 5.74) is 6.74. The molecule has 0 spiro atoms. The molecule has 3 aromatic rings. The molecule has 0 aliphatic heterocycles. The van der Waals surface area contributed by atoms with Gasteiger partial charge in [-0.2, -0.15) is 0 Å². The molecule has 1 heteroatoms. The number of aryl methyl sites for hydroxylation is 2. The Hall–Kier alpha value is -2.15. The number of fused-ring (bicyclic) bond motifs is 2. The van der Waals surface area contributed by atoms with Crippen molar-refractivity contribution in [3.8, 4) is 0 Å². The average Bonchev–Trinajstić information content (AvgIpc) is 2.55. The molecule has 0 saturated carbocycles. The Kier molecular flexibility index (Phi) is 3.19. The minimum absolute atomic E-state index is 0.929. The number of para-hydroxylation sites is 1. The molecule has 1 aromatic heterocycles. The fourth-order valence-electron chi connectivity index (χ4n) is 3.31. The summed E-state index contributed by atoms with van der Waals surface area (Å²) in [7, 11) is 0. The third kappa shape index (κ3) is 2.56. The van der Waals surface area contributed by atoms with Gasteiger partial charge in [0.1, 0.15) is 0 Å². The van der Waals surface area contributed by atoms with Gasteiger partial charge in [0.2, 0.25) is 0 Å². The molecule has 104 valence electrons. The first-order chi connectivity index (χ1) is 10.4. The summed E-state index contributed by atoms with van der Waals surface area (Å²) < 4.78 is 0. The zero-order chi connectivity index (χ0) is 14.1. The number of nitrogens with zero attached hydrogens (tertiary/aromatic N) is 1. The number of hydrogen-bond acceptors (Lipinski definition) is 1. The average molecular weight is 273 g/mol. The van der Waals surface area contributed by atoms with E-state index in [0.717, 1.165) is 17.6 Å². The standard InChI is InChI=1S/C20H19N/c1-2-7-18-13-15(9-10-16(18)5-1)14-19-12-11-17-6-3-4-8-20(17)21-19/h3-4,6,8-13H,1-2,5,7,14H2. The number of benzene rings is 2. The van der Waals surface area contributed by atoms with Crippen LogP contribution in [0.5, 0.6) is 0 Å². The van der Waals surface area contributed by atoms with Crippen molar-refractivity contribution in [2.75, 3.05) is 0 Å². The molecule has 1 heterocycles. The summed E-state index contributed by atoms with van der Waals surface area (Å²) in [6, 6.07) is 19.6. The van der Waals surface area contributed by atoms with Gasteiger partial charge in [-0.3, -0.25) is 4.98 Å². The van der Waals surface area contributed by atoms with E-state index in [-0.39, 0.29) is 0 Å². The topological polar surface area (TPSA) is 12.9 Å². The van der Waals surface area contributed by atoms with Gasteiger partial charge in [0.15, 0.2) is 0 Å². The molecule has 0 fully saturated rings. The lowest BCUT2D eigenvalue weighted by Crippen LogP contribution is -2.03. The molecule has 0 atom stereocenters. The minimum Gasteiger partial charge on any atom is -0.252 e. The lowest BCUT2D eigenvalue weighted by Gasteiger charge is -2.16. The zero-order valence-electron chi connectivity index (χ0n) is 12.2. The van der Waals surface area contributed by atoms with Crippen LogP contribution in [0.4, 0.5) is 0 Å². The van der Waals surface area contributed by atoms with E-state index >= 15 is 0 Å². The lowest BCUT2D eigenvalue weighted by atomic mass is 9.89. The van der Waals surface area contributed by atoms with E-state index < -0.39 is 0 Å². The van der Waals surface area contributed by atoms with E-state index in [0.29, 0.717) is 0 Å². The number of rotatable bonds is 2. The third-order valence-corrected chi connectivity index (χ3v) is 4.45. The summed E-state index contributed by atoms with van der Waals surface area (Å²) in [6.45, 7) is 0. The van der Waals surface area contributed by atoms with Gasteiger partial charge >= 0.3 is 0 Å². The van der Waals surface area contributed by atoms with Crippen LogP contribution in [0.3, 0.4) is 0 Å². The quantitative estimate of drug-likeness (QED) is 0.659. The van der Waals surface area contributed by atoms with E-state index in [1.807, 2.05) is 0 Å². The maximum Gasteiger partial charge on any atom is 0.0705 e. The molecule has 4 rings (SSSR count). The molecule has 21 heavy (non-hydrogen) atoms. The highest BCUT2D eigenvalue weighted by molar-refractivity contribution is 5.78.